The molecule has 3 nitrogen and oxygen atoms in total. The maximum atomic E-state index is 11.8. The number of carboxylic acids is 1. The van der Waals surface area contributed by atoms with Gasteiger partial charge in [0.25, 0.3) is 0 Å². The molecule has 0 bridgehead atoms. The van der Waals surface area contributed by atoms with Crippen LogP contribution in [-0.4, -0.2) is 34.6 Å². The molecule has 0 radical (unpaired) electrons. The molecule has 1 heterocycles. The van der Waals surface area contributed by atoms with Crippen molar-refractivity contribution >= 4 is 5.97 Å². The first-order chi connectivity index (χ1) is 7.38. The maximum Gasteiger partial charge on any atom is 0.324 e. The summed E-state index contributed by atoms with van der Waals surface area (Å²) in [5, 5.41) is 9.69. The predicted octanol–water partition coefficient (Wildman–Crippen LogP) is 2.36. The van der Waals surface area contributed by atoms with Crippen molar-refractivity contribution in [2.45, 2.75) is 52.0 Å². The van der Waals surface area contributed by atoms with Crippen molar-refractivity contribution in [3.05, 3.63) is 0 Å². The van der Waals surface area contributed by atoms with E-state index in [0.29, 0.717) is 0 Å². The number of carboxylic acid groups (broad SMARTS) is 1. The van der Waals surface area contributed by atoms with Crippen molar-refractivity contribution in [1.29, 1.82) is 0 Å². The number of hydrogen-bond acceptors (Lipinski definition) is 2. The summed E-state index contributed by atoms with van der Waals surface area (Å²) in [4.78, 5) is 14.0. The van der Waals surface area contributed by atoms with Crippen LogP contribution in [0.2, 0.25) is 0 Å². The average Bonchev–Trinajstić information content (AvgIpc) is 2.71. The summed E-state index contributed by atoms with van der Waals surface area (Å²) in [6.07, 6.45) is 4.14. The standard InChI is InChI=1S/C13H23NO2/c1-10-8-12(2,3)9-13(10,11(15)16)14-6-4-5-7-14/h10H,4-9H2,1-3H3,(H,15,16). The van der Waals surface area contributed by atoms with Crippen LogP contribution in [0.3, 0.4) is 0 Å². The van der Waals surface area contributed by atoms with Crippen molar-refractivity contribution in [3.8, 4) is 0 Å². The van der Waals surface area contributed by atoms with Crippen LogP contribution in [0, 0.1) is 11.3 Å². The van der Waals surface area contributed by atoms with Crippen LogP contribution in [0.4, 0.5) is 0 Å². The van der Waals surface area contributed by atoms with Gasteiger partial charge in [-0.05, 0) is 50.1 Å². The van der Waals surface area contributed by atoms with Crippen LogP contribution in [0.25, 0.3) is 0 Å². The fourth-order valence-electron chi connectivity index (χ4n) is 3.93. The van der Waals surface area contributed by atoms with Crippen LogP contribution in [0.15, 0.2) is 0 Å². The highest BCUT2D eigenvalue weighted by molar-refractivity contribution is 5.80. The first kappa shape index (κ1) is 11.9. The molecule has 2 fully saturated rings. The van der Waals surface area contributed by atoms with Crippen LogP contribution in [0.1, 0.15) is 46.5 Å². The van der Waals surface area contributed by atoms with Crippen molar-refractivity contribution in [1.82, 2.24) is 4.90 Å². The molecule has 0 amide bonds. The zero-order valence-electron chi connectivity index (χ0n) is 10.6. The van der Waals surface area contributed by atoms with Crippen molar-refractivity contribution in [2.75, 3.05) is 13.1 Å². The van der Waals surface area contributed by atoms with Gasteiger partial charge in [-0.15, -0.1) is 0 Å². The van der Waals surface area contributed by atoms with E-state index >= 15 is 0 Å². The zero-order valence-corrected chi connectivity index (χ0v) is 10.6. The van der Waals surface area contributed by atoms with E-state index in [1.807, 2.05) is 0 Å². The van der Waals surface area contributed by atoms with Gasteiger partial charge >= 0.3 is 5.97 Å². The van der Waals surface area contributed by atoms with Gasteiger partial charge in [0, 0.05) is 0 Å². The molecule has 92 valence electrons. The Bertz CT molecular complexity index is 294. The van der Waals surface area contributed by atoms with Gasteiger partial charge in [0.2, 0.25) is 0 Å². The molecule has 0 spiro atoms. The van der Waals surface area contributed by atoms with Gasteiger partial charge in [-0.1, -0.05) is 20.8 Å². The fraction of sp³-hybridized carbons (Fsp3) is 0.923. The topological polar surface area (TPSA) is 40.5 Å². The molecule has 0 aromatic carbocycles. The van der Waals surface area contributed by atoms with E-state index in [2.05, 4.69) is 25.7 Å². The molecule has 2 aliphatic rings. The molecule has 1 N–H and O–H groups in total. The molecular formula is C13H23NO2. The van der Waals surface area contributed by atoms with Gasteiger partial charge in [-0.3, -0.25) is 9.69 Å². The third-order valence-electron chi connectivity index (χ3n) is 4.46. The molecule has 2 rings (SSSR count). The van der Waals surface area contributed by atoms with Crippen molar-refractivity contribution in [2.24, 2.45) is 11.3 Å². The summed E-state index contributed by atoms with van der Waals surface area (Å²) in [6.45, 7) is 8.44. The number of nitrogens with zero attached hydrogens (tertiary/aromatic N) is 1. The summed E-state index contributed by atoms with van der Waals surface area (Å²) >= 11 is 0. The normalized spacial score (nSPS) is 39.1. The molecule has 1 saturated carbocycles. The van der Waals surface area contributed by atoms with Gasteiger partial charge in [0.15, 0.2) is 0 Å². The van der Waals surface area contributed by atoms with Gasteiger partial charge in [0.1, 0.15) is 5.54 Å². The largest absolute Gasteiger partial charge is 0.480 e. The third-order valence-corrected chi connectivity index (χ3v) is 4.46. The van der Waals surface area contributed by atoms with Crippen LogP contribution in [0.5, 0.6) is 0 Å². The monoisotopic (exact) mass is 225 g/mol. The Morgan fingerprint density at radius 3 is 2.25 bits per heavy atom. The highest BCUT2D eigenvalue weighted by atomic mass is 16.4. The molecule has 1 saturated heterocycles. The lowest BCUT2D eigenvalue weighted by atomic mass is 9.85. The number of hydrogen-bond donors (Lipinski definition) is 1. The minimum absolute atomic E-state index is 0.167. The van der Waals surface area contributed by atoms with Gasteiger partial charge in [0.05, 0.1) is 0 Å². The van der Waals surface area contributed by atoms with Crippen molar-refractivity contribution < 1.29 is 9.90 Å². The first-order valence-corrected chi connectivity index (χ1v) is 6.37. The SMILES string of the molecule is CC1CC(C)(C)CC1(C(=O)O)N1CCCC1. The molecule has 1 aliphatic carbocycles. The summed E-state index contributed by atoms with van der Waals surface area (Å²) in [6, 6.07) is 0. The summed E-state index contributed by atoms with van der Waals surface area (Å²) in [5.74, 6) is -0.342. The Kier molecular flexibility index (Phi) is 2.77. The molecule has 0 aromatic heterocycles. The first-order valence-electron chi connectivity index (χ1n) is 6.37. The van der Waals surface area contributed by atoms with Crippen LogP contribution < -0.4 is 0 Å². The molecule has 2 unspecified atom stereocenters. The highest BCUT2D eigenvalue weighted by Crippen LogP contribution is 2.51. The molecule has 3 heteroatoms. The van der Waals surface area contributed by atoms with E-state index < -0.39 is 11.5 Å². The molecule has 0 aromatic rings. The number of likely N-dealkylation sites (tertiary alicyclic amines) is 1. The van der Waals surface area contributed by atoms with E-state index in [1.54, 1.807) is 0 Å². The zero-order chi connectivity index (χ0) is 12.0. The highest BCUT2D eigenvalue weighted by Gasteiger charge is 2.57. The van der Waals surface area contributed by atoms with E-state index in [4.69, 9.17) is 0 Å². The Morgan fingerprint density at radius 2 is 1.88 bits per heavy atom. The predicted molar refractivity (Wildman–Crippen MR) is 63.4 cm³/mol. The van der Waals surface area contributed by atoms with Crippen molar-refractivity contribution in [3.63, 3.8) is 0 Å². The number of carbonyl (C=O) groups is 1. The number of aliphatic carboxylic acids is 1. The molecule has 16 heavy (non-hydrogen) atoms. The van der Waals surface area contributed by atoms with Gasteiger partial charge < -0.3 is 5.11 Å². The Morgan fingerprint density at radius 1 is 1.31 bits per heavy atom. The van der Waals surface area contributed by atoms with Gasteiger partial charge in [-0.2, -0.15) is 0 Å². The maximum absolute atomic E-state index is 11.8. The summed E-state index contributed by atoms with van der Waals surface area (Å²) < 4.78 is 0. The summed E-state index contributed by atoms with van der Waals surface area (Å²) in [7, 11) is 0. The minimum Gasteiger partial charge on any atom is -0.480 e. The molecule has 2 atom stereocenters. The lowest BCUT2D eigenvalue weighted by Crippen LogP contribution is -2.55. The second-order valence-corrected chi connectivity index (χ2v) is 6.37. The fourth-order valence-corrected chi connectivity index (χ4v) is 3.93. The third kappa shape index (κ3) is 1.65. The lowest BCUT2D eigenvalue weighted by Gasteiger charge is -2.39. The number of rotatable bonds is 2. The second-order valence-electron chi connectivity index (χ2n) is 6.37. The summed E-state index contributed by atoms with van der Waals surface area (Å²) in [5.41, 5.74) is -0.416. The van der Waals surface area contributed by atoms with Crippen LogP contribution in [-0.2, 0) is 4.79 Å². The average molecular weight is 225 g/mol. The Hall–Kier alpha value is -0.570. The van der Waals surface area contributed by atoms with Gasteiger partial charge in [-0.25, -0.2) is 0 Å². The second kappa shape index (κ2) is 3.73. The molecular weight excluding hydrogens is 202 g/mol. The molecule has 1 aliphatic heterocycles. The minimum atomic E-state index is -0.604. The lowest BCUT2D eigenvalue weighted by molar-refractivity contribution is -0.153. The van der Waals surface area contributed by atoms with E-state index in [1.165, 1.54) is 0 Å². The Balaban J connectivity index is 2.32. The van der Waals surface area contributed by atoms with E-state index in [0.717, 1.165) is 38.8 Å². The van der Waals surface area contributed by atoms with E-state index in [-0.39, 0.29) is 11.3 Å². The quantitative estimate of drug-likeness (QED) is 0.784. The van der Waals surface area contributed by atoms with E-state index in [9.17, 15) is 9.90 Å². The van der Waals surface area contributed by atoms with Crippen LogP contribution >= 0.6 is 0 Å². The Labute approximate surface area is 97.8 Å². The smallest absolute Gasteiger partial charge is 0.324 e.